The van der Waals surface area contributed by atoms with Crippen molar-refractivity contribution in [2.24, 2.45) is 5.92 Å². The first kappa shape index (κ1) is 36.9. The number of thioether (sulfide) groups is 1. The number of carboxylic acids is 1. The summed E-state index contributed by atoms with van der Waals surface area (Å²) in [5, 5.41) is 13.2. The molecule has 4 aromatic rings. The topological polar surface area (TPSA) is 88.8 Å². The molecule has 3 aromatic carbocycles. The summed E-state index contributed by atoms with van der Waals surface area (Å²) in [4.78, 5) is 25.4. The van der Waals surface area contributed by atoms with Crippen LogP contribution in [0.2, 0.25) is 5.02 Å². The van der Waals surface area contributed by atoms with Crippen molar-refractivity contribution >= 4 is 54.1 Å². The molecule has 1 aromatic heterocycles. The number of nitrogens with one attached hydrogen (secondary N) is 1. The minimum absolute atomic E-state index is 0. The fourth-order valence-corrected chi connectivity index (χ4v) is 6.79. The third-order valence-corrected chi connectivity index (χ3v) is 9.67. The first-order valence-corrected chi connectivity index (χ1v) is 17.8. The van der Waals surface area contributed by atoms with Gasteiger partial charge in [0.25, 0.3) is 5.91 Å². The molecule has 1 aliphatic rings. The molecule has 1 saturated carbocycles. The molecule has 2 atom stereocenters. The Morgan fingerprint density at radius 1 is 1.00 bits per heavy atom. The molecule has 6 nitrogen and oxygen atoms in total. The molecule has 244 valence electrons. The molecule has 9 heteroatoms. The predicted molar refractivity (Wildman–Crippen MR) is 194 cm³/mol. The van der Waals surface area contributed by atoms with Crippen molar-refractivity contribution in [1.29, 1.82) is 0 Å². The van der Waals surface area contributed by atoms with Gasteiger partial charge in [-0.2, -0.15) is 11.8 Å². The summed E-state index contributed by atoms with van der Waals surface area (Å²) in [5.74, 6) is 1.35. The predicted octanol–water partition coefficient (Wildman–Crippen LogP) is 9.09. The molecule has 0 saturated heterocycles. The van der Waals surface area contributed by atoms with Crippen molar-refractivity contribution in [1.82, 2.24) is 5.32 Å². The molecule has 0 radical (unpaired) electrons. The second kappa shape index (κ2) is 18.0. The third-order valence-electron chi connectivity index (χ3n) is 8.77. The van der Waals surface area contributed by atoms with Crippen molar-refractivity contribution in [2.75, 3.05) is 12.0 Å². The van der Waals surface area contributed by atoms with Crippen molar-refractivity contribution < 1.29 is 23.8 Å². The van der Waals surface area contributed by atoms with Gasteiger partial charge in [0.15, 0.2) is 0 Å². The Morgan fingerprint density at radius 2 is 1.74 bits per heavy atom. The van der Waals surface area contributed by atoms with Gasteiger partial charge in [0.05, 0.1) is 6.61 Å². The minimum atomic E-state index is -1.04. The van der Waals surface area contributed by atoms with Gasteiger partial charge in [-0.05, 0) is 108 Å². The zero-order chi connectivity index (χ0) is 32.5. The average Bonchev–Trinajstić information content (AvgIpc) is 3.56. The van der Waals surface area contributed by atoms with Crippen LogP contribution < -0.4 is 5.32 Å². The quantitative estimate of drug-likeness (QED) is 0.130. The average molecular weight is 668 g/mol. The van der Waals surface area contributed by atoms with Gasteiger partial charge in [-0.1, -0.05) is 74.0 Å². The van der Waals surface area contributed by atoms with Crippen LogP contribution in [0.25, 0.3) is 22.5 Å². The number of benzene rings is 3. The molecule has 1 amide bonds. The summed E-state index contributed by atoms with van der Waals surface area (Å²) in [6.45, 7) is 2.34. The van der Waals surface area contributed by atoms with Crippen LogP contribution in [0.1, 0.15) is 78.3 Å². The first-order valence-electron chi connectivity index (χ1n) is 16.0. The van der Waals surface area contributed by atoms with Gasteiger partial charge in [0.1, 0.15) is 23.7 Å². The number of hydrogen-bond donors (Lipinski definition) is 2. The number of carbonyl (C=O) groups is 2. The molecule has 0 spiro atoms. The van der Waals surface area contributed by atoms with Crippen LogP contribution >= 0.6 is 23.4 Å². The Bertz CT molecular complexity index is 1620. The zero-order valence-electron chi connectivity index (χ0n) is 26.5. The number of aliphatic carboxylic acids is 1. The van der Waals surface area contributed by atoms with Crippen LogP contribution in [-0.4, -0.2) is 53.9 Å². The maximum absolute atomic E-state index is 13.5. The number of furan rings is 1. The van der Waals surface area contributed by atoms with E-state index in [4.69, 9.17) is 20.8 Å². The van der Waals surface area contributed by atoms with E-state index in [1.54, 1.807) is 17.8 Å². The Kier molecular flexibility index (Phi) is 14.1. The number of carboxylic acid groups (broad SMARTS) is 1. The number of ether oxygens (including phenoxy) is 1. The Morgan fingerprint density at radius 3 is 2.45 bits per heavy atom. The fraction of sp³-hybridized carbons (Fsp3) is 0.368. The van der Waals surface area contributed by atoms with Crippen LogP contribution in [0.15, 0.2) is 83.3 Å². The second-order valence-corrected chi connectivity index (χ2v) is 13.5. The van der Waals surface area contributed by atoms with Crippen molar-refractivity contribution in [3.63, 3.8) is 0 Å². The van der Waals surface area contributed by atoms with E-state index in [1.165, 1.54) is 32.1 Å². The summed E-state index contributed by atoms with van der Waals surface area (Å²) < 4.78 is 13.0. The van der Waals surface area contributed by atoms with E-state index >= 15 is 0 Å². The number of hydrogen-bond acceptors (Lipinski definition) is 5. The van der Waals surface area contributed by atoms with Crippen molar-refractivity contribution in [3.8, 4) is 22.5 Å². The van der Waals surface area contributed by atoms with Gasteiger partial charge in [-0.15, -0.1) is 0 Å². The monoisotopic (exact) mass is 667 g/mol. The summed E-state index contributed by atoms with van der Waals surface area (Å²) >= 11 is 7.66. The molecule has 5 rings (SSSR count). The standard InChI is InChI=1S/C38H42ClNO5S.Li.H/c1-25-8-6-7-11-30(25)32-22-27(12-17-31(32)37(41)40-33(38(42)43)20-21-46-2)24-44-36(23-26-9-4-3-5-10-26)35-19-18-34(45-35)28-13-15-29(39)16-14-28;;/h6-8,11-19,22,26,33,36H,3-5,9-10,20-21,23-24H2,1-2H3,(H,40,41)(H,42,43);;/t33-,36?;;/m0../s1. The molecular weight excluding hydrogens is 625 g/mol. The van der Waals surface area contributed by atoms with E-state index in [2.05, 4.69) is 5.32 Å². The Labute approximate surface area is 299 Å². The summed E-state index contributed by atoms with van der Waals surface area (Å²) in [5.41, 5.74) is 5.01. The molecule has 47 heavy (non-hydrogen) atoms. The van der Waals surface area contributed by atoms with Gasteiger partial charge in [0.2, 0.25) is 0 Å². The van der Waals surface area contributed by atoms with Crippen LogP contribution in [0.3, 0.4) is 0 Å². The van der Waals surface area contributed by atoms with Crippen LogP contribution in [0.4, 0.5) is 0 Å². The third kappa shape index (κ3) is 10.0. The molecule has 1 unspecified atom stereocenters. The Balaban J connectivity index is 0.00000500. The van der Waals surface area contributed by atoms with Crippen LogP contribution in [0, 0.1) is 12.8 Å². The number of carbonyl (C=O) groups excluding carboxylic acids is 1. The Hall–Kier alpha value is -2.92. The molecule has 0 bridgehead atoms. The zero-order valence-corrected chi connectivity index (χ0v) is 28.0. The number of aryl methyl sites for hydroxylation is 1. The van der Waals surface area contributed by atoms with E-state index < -0.39 is 17.9 Å². The van der Waals surface area contributed by atoms with E-state index in [-0.39, 0.29) is 25.0 Å². The van der Waals surface area contributed by atoms with Crippen LogP contribution in [-0.2, 0) is 16.1 Å². The van der Waals surface area contributed by atoms with E-state index in [9.17, 15) is 14.7 Å². The van der Waals surface area contributed by atoms with Gasteiger partial charge in [-0.3, -0.25) is 4.79 Å². The van der Waals surface area contributed by atoms with Gasteiger partial charge in [0, 0.05) is 16.1 Å². The summed E-state index contributed by atoms with van der Waals surface area (Å²) in [6, 6.07) is 24.2. The summed E-state index contributed by atoms with van der Waals surface area (Å²) in [6.07, 6.45) is 9.09. The number of rotatable bonds is 14. The SMILES string of the molecule is CSCC[C@H](NC(=O)c1ccc(COC(CC2CCCCC2)c2ccc(-c3ccc(Cl)cc3)o2)cc1-c1ccccc1C)C(=O)O.[LiH]. The van der Waals surface area contributed by atoms with E-state index in [0.717, 1.165) is 45.8 Å². The van der Waals surface area contributed by atoms with Gasteiger partial charge in [-0.25, -0.2) is 4.79 Å². The molecular formula is C38H43ClLiNO5S. The molecule has 0 aliphatic heterocycles. The van der Waals surface area contributed by atoms with E-state index in [1.807, 2.05) is 86.0 Å². The van der Waals surface area contributed by atoms with Crippen LogP contribution in [0.5, 0.6) is 0 Å². The van der Waals surface area contributed by atoms with Crippen molar-refractivity contribution in [2.45, 2.75) is 70.6 Å². The number of amides is 1. The van der Waals surface area contributed by atoms with Crippen molar-refractivity contribution in [3.05, 3.63) is 106 Å². The molecule has 1 heterocycles. The number of halogens is 1. The van der Waals surface area contributed by atoms with E-state index in [0.29, 0.717) is 35.3 Å². The van der Waals surface area contributed by atoms with Gasteiger partial charge < -0.3 is 19.6 Å². The fourth-order valence-electron chi connectivity index (χ4n) is 6.19. The molecule has 1 fully saturated rings. The normalized spacial score (nSPS) is 14.6. The second-order valence-electron chi connectivity index (χ2n) is 12.1. The summed E-state index contributed by atoms with van der Waals surface area (Å²) in [7, 11) is 0. The maximum atomic E-state index is 13.5. The first-order chi connectivity index (χ1) is 22.3. The van der Waals surface area contributed by atoms with Gasteiger partial charge >= 0.3 is 24.8 Å². The molecule has 2 N–H and O–H groups in total. The molecule has 1 aliphatic carbocycles.